The van der Waals surface area contributed by atoms with Crippen LogP contribution in [0.1, 0.15) is 39.2 Å². The van der Waals surface area contributed by atoms with Crippen molar-refractivity contribution in [3.63, 3.8) is 0 Å². The van der Waals surface area contributed by atoms with E-state index in [2.05, 4.69) is 5.32 Å². The molecule has 3 rings (SSSR count). The molecular weight excluding hydrogens is 350 g/mol. The summed E-state index contributed by atoms with van der Waals surface area (Å²) in [6, 6.07) is 8.24. The summed E-state index contributed by atoms with van der Waals surface area (Å²) in [5.41, 5.74) is 6.96. The molecule has 132 valence electrons. The van der Waals surface area contributed by atoms with Crippen LogP contribution in [0.3, 0.4) is 0 Å². The smallest absolute Gasteiger partial charge is 0.266 e. The Hall–Kier alpha value is -3.11. The van der Waals surface area contributed by atoms with Gasteiger partial charge in [-0.05, 0) is 43.4 Å². The van der Waals surface area contributed by atoms with Gasteiger partial charge in [0.25, 0.3) is 11.8 Å². The Bertz CT molecular complexity index is 953. The predicted molar refractivity (Wildman–Crippen MR) is 99.8 cm³/mol. The van der Waals surface area contributed by atoms with E-state index in [1.165, 1.54) is 23.5 Å². The summed E-state index contributed by atoms with van der Waals surface area (Å²) in [4.78, 5) is 25.5. The number of phenols is 1. The fraction of sp³-hybridized carbons (Fsp3) is 0.211. The first-order chi connectivity index (χ1) is 12.5. The third kappa shape index (κ3) is 3.46. The fourth-order valence-electron chi connectivity index (χ4n) is 3.00. The molecule has 0 spiro atoms. The molecule has 0 aliphatic heterocycles. The number of primary amides is 1. The van der Waals surface area contributed by atoms with E-state index < -0.39 is 11.8 Å². The lowest BCUT2D eigenvalue weighted by atomic mass is 9.95. The van der Waals surface area contributed by atoms with Gasteiger partial charge in [0, 0.05) is 10.4 Å². The zero-order valence-corrected chi connectivity index (χ0v) is 14.7. The summed E-state index contributed by atoms with van der Waals surface area (Å²) in [6.07, 6.45) is 4.94. The molecule has 2 aromatic rings. The molecule has 0 unspecified atom stereocenters. The number of thiophene rings is 1. The van der Waals surface area contributed by atoms with Crippen molar-refractivity contribution in [1.29, 1.82) is 5.26 Å². The molecule has 2 amide bonds. The summed E-state index contributed by atoms with van der Waals surface area (Å²) in [5.74, 6) is -1.25. The van der Waals surface area contributed by atoms with E-state index in [1.54, 1.807) is 18.2 Å². The Balaban J connectivity index is 1.92. The average molecular weight is 367 g/mol. The summed E-state index contributed by atoms with van der Waals surface area (Å²) in [7, 11) is 0. The molecule has 1 aromatic carbocycles. The van der Waals surface area contributed by atoms with Crippen LogP contribution in [0.4, 0.5) is 5.00 Å². The van der Waals surface area contributed by atoms with Gasteiger partial charge in [-0.15, -0.1) is 11.3 Å². The number of nitrogens with one attached hydrogen (secondary N) is 1. The van der Waals surface area contributed by atoms with Gasteiger partial charge in [0.1, 0.15) is 22.4 Å². The number of rotatable bonds is 4. The number of fused-ring (bicyclic) bond motifs is 1. The van der Waals surface area contributed by atoms with Crippen LogP contribution in [0.25, 0.3) is 6.08 Å². The number of aryl methyl sites for hydroxylation is 1. The van der Waals surface area contributed by atoms with Crippen molar-refractivity contribution in [3.05, 3.63) is 51.4 Å². The van der Waals surface area contributed by atoms with Crippen LogP contribution in [0.5, 0.6) is 5.75 Å². The molecule has 0 fully saturated rings. The maximum Gasteiger partial charge on any atom is 0.266 e. The summed E-state index contributed by atoms with van der Waals surface area (Å²) in [6.45, 7) is 0. The molecule has 1 heterocycles. The van der Waals surface area contributed by atoms with Crippen LogP contribution in [-0.2, 0) is 17.6 Å². The molecule has 0 saturated carbocycles. The first kappa shape index (κ1) is 17.7. The van der Waals surface area contributed by atoms with E-state index in [9.17, 15) is 20.0 Å². The first-order valence-corrected chi connectivity index (χ1v) is 8.98. The highest BCUT2D eigenvalue weighted by molar-refractivity contribution is 7.17. The van der Waals surface area contributed by atoms with Gasteiger partial charge in [-0.3, -0.25) is 9.59 Å². The minimum atomic E-state index is -0.642. The van der Waals surface area contributed by atoms with Crippen LogP contribution >= 0.6 is 11.3 Å². The van der Waals surface area contributed by atoms with Crippen LogP contribution in [0.15, 0.2) is 29.8 Å². The van der Waals surface area contributed by atoms with Gasteiger partial charge in [0.15, 0.2) is 0 Å². The number of carbonyl (C=O) groups excluding carboxylic acids is 2. The zero-order chi connectivity index (χ0) is 18.7. The number of nitrogens with two attached hydrogens (primary N) is 1. The Labute approximate surface area is 154 Å². The average Bonchev–Trinajstić information content (AvgIpc) is 2.98. The number of nitriles is 1. The van der Waals surface area contributed by atoms with Crippen molar-refractivity contribution in [2.75, 3.05) is 5.32 Å². The monoisotopic (exact) mass is 367 g/mol. The summed E-state index contributed by atoms with van der Waals surface area (Å²) < 4.78 is 0. The predicted octanol–water partition coefficient (Wildman–Crippen LogP) is 2.98. The lowest BCUT2D eigenvalue weighted by molar-refractivity contribution is -0.112. The molecule has 1 aliphatic rings. The van der Waals surface area contributed by atoms with Crippen LogP contribution in [0, 0.1) is 11.3 Å². The molecule has 0 bridgehead atoms. The van der Waals surface area contributed by atoms with Gasteiger partial charge in [0.05, 0.1) is 5.56 Å². The molecule has 4 N–H and O–H groups in total. The van der Waals surface area contributed by atoms with E-state index in [0.29, 0.717) is 16.1 Å². The minimum Gasteiger partial charge on any atom is -0.507 e. The van der Waals surface area contributed by atoms with E-state index in [-0.39, 0.29) is 11.3 Å². The summed E-state index contributed by atoms with van der Waals surface area (Å²) in [5, 5.41) is 22.2. The highest BCUT2D eigenvalue weighted by Gasteiger charge is 2.25. The van der Waals surface area contributed by atoms with Gasteiger partial charge >= 0.3 is 0 Å². The van der Waals surface area contributed by atoms with Crippen molar-refractivity contribution in [2.45, 2.75) is 25.7 Å². The SMILES string of the molecule is N#C/C(=C/c1ccccc1O)C(=O)Nc1sc2c(c1C(N)=O)CCCC2. The number of para-hydroxylation sites is 1. The third-order valence-electron chi connectivity index (χ3n) is 4.25. The Morgan fingerprint density at radius 2 is 2.00 bits per heavy atom. The fourth-order valence-corrected chi connectivity index (χ4v) is 4.29. The summed E-state index contributed by atoms with van der Waals surface area (Å²) >= 11 is 1.34. The molecule has 1 aliphatic carbocycles. The van der Waals surface area contributed by atoms with Crippen molar-refractivity contribution < 1.29 is 14.7 Å². The standard InChI is InChI=1S/C19H17N3O3S/c20-10-12(9-11-5-1-3-7-14(11)23)18(25)22-19-16(17(21)24)13-6-2-4-8-15(13)26-19/h1,3,5,7,9,23H,2,4,6,8H2,(H2,21,24)(H,22,25)/b12-9-. The number of hydrogen-bond acceptors (Lipinski definition) is 5. The molecule has 26 heavy (non-hydrogen) atoms. The van der Waals surface area contributed by atoms with Gasteiger partial charge in [0.2, 0.25) is 0 Å². The number of phenolic OH excluding ortho intramolecular Hbond substituents is 1. The van der Waals surface area contributed by atoms with Crippen molar-refractivity contribution in [2.24, 2.45) is 5.73 Å². The highest BCUT2D eigenvalue weighted by atomic mass is 32.1. The largest absolute Gasteiger partial charge is 0.507 e. The molecule has 6 nitrogen and oxygen atoms in total. The Morgan fingerprint density at radius 1 is 1.27 bits per heavy atom. The van der Waals surface area contributed by atoms with E-state index in [4.69, 9.17) is 5.73 Å². The van der Waals surface area contributed by atoms with Gasteiger partial charge in [-0.25, -0.2) is 0 Å². The number of hydrogen-bond donors (Lipinski definition) is 3. The van der Waals surface area contributed by atoms with Crippen molar-refractivity contribution in [3.8, 4) is 11.8 Å². The van der Waals surface area contributed by atoms with Crippen LogP contribution < -0.4 is 11.1 Å². The molecule has 7 heteroatoms. The minimum absolute atomic E-state index is 0.0301. The van der Waals surface area contributed by atoms with Gasteiger partial charge < -0.3 is 16.2 Å². The molecular formula is C19H17N3O3S. The van der Waals surface area contributed by atoms with Crippen LogP contribution in [-0.4, -0.2) is 16.9 Å². The zero-order valence-electron chi connectivity index (χ0n) is 13.9. The van der Waals surface area contributed by atoms with Crippen LogP contribution in [0.2, 0.25) is 0 Å². The second-order valence-electron chi connectivity index (χ2n) is 5.96. The van der Waals surface area contributed by atoms with E-state index in [0.717, 1.165) is 36.1 Å². The van der Waals surface area contributed by atoms with E-state index in [1.807, 2.05) is 6.07 Å². The molecule has 0 radical (unpaired) electrons. The lowest BCUT2D eigenvalue weighted by Gasteiger charge is -2.11. The Morgan fingerprint density at radius 3 is 2.69 bits per heavy atom. The molecule has 1 aromatic heterocycles. The number of amides is 2. The third-order valence-corrected chi connectivity index (χ3v) is 5.45. The quantitative estimate of drug-likeness (QED) is 0.569. The number of nitrogens with zero attached hydrogens (tertiary/aromatic N) is 1. The lowest BCUT2D eigenvalue weighted by Crippen LogP contribution is -2.19. The van der Waals surface area contributed by atoms with Crippen molar-refractivity contribution in [1.82, 2.24) is 0 Å². The van der Waals surface area contributed by atoms with Gasteiger partial charge in [-0.2, -0.15) is 5.26 Å². The highest BCUT2D eigenvalue weighted by Crippen LogP contribution is 2.38. The second kappa shape index (κ2) is 7.42. The van der Waals surface area contributed by atoms with Crippen molar-refractivity contribution >= 4 is 34.2 Å². The Kier molecular flexibility index (Phi) is 5.05. The number of aromatic hydroxyl groups is 1. The first-order valence-electron chi connectivity index (χ1n) is 8.16. The second-order valence-corrected chi connectivity index (χ2v) is 7.07. The maximum absolute atomic E-state index is 12.5. The number of benzene rings is 1. The number of carbonyl (C=O) groups is 2. The molecule has 0 atom stereocenters. The van der Waals surface area contributed by atoms with E-state index >= 15 is 0 Å². The normalized spacial score (nSPS) is 13.6. The van der Waals surface area contributed by atoms with Gasteiger partial charge in [-0.1, -0.05) is 18.2 Å². The number of anilines is 1. The topological polar surface area (TPSA) is 116 Å². The molecule has 0 saturated heterocycles. The maximum atomic E-state index is 12.5.